The largest absolute Gasteiger partial charge is 0.490 e. The maximum absolute atomic E-state index is 14.6. The highest BCUT2D eigenvalue weighted by atomic mass is 16.5. The monoisotopic (exact) mass is 491 g/mol. The van der Waals surface area contributed by atoms with Crippen LogP contribution in [0, 0.1) is 58.2 Å². The second-order valence-electron chi connectivity index (χ2n) is 13.7. The van der Waals surface area contributed by atoms with E-state index in [9.17, 15) is 14.7 Å². The van der Waals surface area contributed by atoms with Gasteiger partial charge in [-0.25, -0.2) is 0 Å². The summed E-state index contributed by atoms with van der Waals surface area (Å²) in [4.78, 5) is 27.6. The van der Waals surface area contributed by atoms with Crippen molar-refractivity contribution in [2.75, 3.05) is 0 Å². The Morgan fingerprint density at radius 2 is 1.75 bits per heavy atom. The Kier molecular flexibility index (Phi) is 5.33. The zero-order chi connectivity index (χ0) is 25.7. The van der Waals surface area contributed by atoms with Crippen LogP contribution in [0.15, 0.2) is 35.9 Å². The van der Waals surface area contributed by atoms with Crippen LogP contribution in [0.2, 0.25) is 0 Å². The van der Waals surface area contributed by atoms with Gasteiger partial charge in [0, 0.05) is 17.8 Å². The molecule has 194 valence electrons. The van der Waals surface area contributed by atoms with Gasteiger partial charge in [0.25, 0.3) is 0 Å². The first-order chi connectivity index (χ1) is 16.9. The number of benzene rings is 1. The van der Waals surface area contributed by atoms with Gasteiger partial charge < -0.3 is 15.2 Å². The predicted molar refractivity (Wildman–Crippen MR) is 138 cm³/mol. The van der Waals surface area contributed by atoms with Crippen LogP contribution in [0.3, 0.4) is 0 Å². The molecule has 0 aromatic heterocycles. The summed E-state index contributed by atoms with van der Waals surface area (Å²) >= 11 is 0. The Labute approximate surface area is 215 Å². The molecule has 5 nitrogen and oxygen atoms in total. The molecule has 7 rings (SSSR count). The van der Waals surface area contributed by atoms with E-state index in [0.717, 1.165) is 17.7 Å². The van der Waals surface area contributed by atoms with Crippen molar-refractivity contribution in [3.63, 3.8) is 0 Å². The van der Waals surface area contributed by atoms with Crippen LogP contribution in [0.4, 0.5) is 0 Å². The topological polar surface area (TPSA) is 75.6 Å². The minimum atomic E-state index is -1.14. The van der Waals surface area contributed by atoms with Gasteiger partial charge in [-0.1, -0.05) is 58.4 Å². The number of aliphatic hydroxyl groups is 1. The minimum Gasteiger partial charge on any atom is -0.490 e. The molecular formula is C31H41NO4. The average molecular weight is 492 g/mol. The number of aliphatic hydroxyl groups excluding tert-OH is 1. The number of carbonyl (C=O) groups excluding carboxylic acids is 2. The number of rotatable bonds is 0. The molecular weight excluding hydrogens is 450 g/mol. The minimum absolute atomic E-state index is 0.00269. The number of amides is 1. The van der Waals surface area contributed by atoms with Crippen molar-refractivity contribution in [3.8, 4) is 5.75 Å². The molecule has 2 bridgehead atoms. The van der Waals surface area contributed by atoms with Gasteiger partial charge in [0.15, 0.2) is 0 Å². The molecule has 11 unspecified atom stereocenters. The van der Waals surface area contributed by atoms with Crippen molar-refractivity contribution in [1.29, 1.82) is 0 Å². The quantitative estimate of drug-likeness (QED) is 0.513. The number of Topliss-reactive ketones (excluding diaryl/α,β-unsaturated/α-hetero) is 1. The summed E-state index contributed by atoms with van der Waals surface area (Å²) in [6.07, 6.45) is 3.83. The fourth-order valence-electron chi connectivity index (χ4n) is 10.1. The van der Waals surface area contributed by atoms with Gasteiger partial charge in [-0.15, -0.1) is 0 Å². The van der Waals surface area contributed by atoms with Crippen molar-refractivity contribution in [2.45, 2.75) is 73.1 Å². The molecule has 3 aliphatic heterocycles. The van der Waals surface area contributed by atoms with Gasteiger partial charge >= 0.3 is 0 Å². The van der Waals surface area contributed by atoms with E-state index in [1.807, 2.05) is 24.3 Å². The average Bonchev–Trinajstić information content (AvgIpc) is 3.17. The maximum atomic E-state index is 14.6. The molecule has 6 aliphatic rings. The molecule has 2 saturated carbocycles. The van der Waals surface area contributed by atoms with Crippen LogP contribution in [0.25, 0.3) is 0 Å². The van der Waals surface area contributed by atoms with Crippen molar-refractivity contribution < 1.29 is 19.4 Å². The zero-order valence-electron chi connectivity index (χ0n) is 22.5. The number of hydrogen-bond acceptors (Lipinski definition) is 4. The number of allylic oxidation sites excluding steroid dienone is 2. The number of carbonyl (C=O) groups is 2. The molecule has 3 fully saturated rings. The van der Waals surface area contributed by atoms with Crippen molar-refractivity contribution in [2.24, 2.45) is 58.2 Å². The molecule has 0 radical (unpaired) electrons. The van der Waals surface area contributed by atoms with Gasteiger partial charge in [-0.3, -0.25) is 9.59 Å². The van der Waals surface area contributed by atoms with E-state index in [4.69, 9.17) is 4.74 Å². The van der Waals surface area contributed by atoms with E-state index in [1.54, 1.807) is 0 Å². The molecule has 0 spiro atoms. The summed E-state index contributed by atoms with van der Waals surface area (Å²) in [5, 5.41) is 13.7. The highest BCUT2D eigenvalue weighted by Crippen LogP contribution is 2.68. The Morgan fingerprint density at radius 3 is 2.44 bits per heavy atom. The maximum Gasteiger partial charge on any atom is 0.226 e. The van der Waals surface area contributed by atoms with Crippen LogP contribution in [0.5, 0.6) is 5.75 Å². The number of ketones is 1. The molecule has 3 aliphatic carbocycles. The molecule has 2 N–H and O–H groups in total. The highest BCUT2D eigenvalue weighted by Gasteiger charge is 2.68. The number of hydrogen-bond donors (Lipinski definition) is 2. The summed E-state index contributed by atoms with van der Waals surface area (Å²) in [6, 6.07) is 8.09. The lowest BCUT2D eigenvalue weighted by Crippen LogP contribution is -2.51. The smallest absolute Gasteiger partial charge is 0.226 e. The first-order valence-corrected chi connectivity index (χ1v) is 13.9. The van der Waals surface area contributed by atoms with E-state index in [2.05, 4.69) is 52.9 Å². The van der Waals surface area contributed by atoms with Crippen LogP contribution in [-0.2, 0) is 16.0 Å². The van der Waals surface area contributed by atoms with Crippen LogP contribution >= 0.6 is 0 Å². The van der Waals surface area contributed by atoms with E-state index < -0.39 is 23.5 Å². The van der Waals surface area contributed by atoms with Gasteiger partial charge in [0.05, 0.1) is 11.8 Å². The van der Waals surface area contributed by atoms with Gasteiger partial charge in [-0.2, -0.15) is 0 Å². The Balaban J connectivity index is 1.58. The standard InChI is InChI=1S/C31H41NO4/c1-15-11-16(2)24-27-22-23(31(24,6)13-15)17(3)14-30(4,5)25(22)26(33)21-20(28(34)32-29(21)35)12-18-7-9-19(36-27)10-8-18/h7-10,14-16,20-25,27,29,35H,11-13H2,1-6H3,(H,32,34). The van der Waals surface area contributed by atoms with Gasteiger partial charge in [0.1, 0.15) is 23.9 Å². The van der Waals surface area contributed by atoms with Gasteiger partial charge in [-0.05, 0) is 72.5 Å². The molecule has 5 heteroatoms. The fourth-order valence-corrected chi connectivity index (χ4v) is 10.1. The van der Waals surface area contributed by atoms with E-state index in [0.29, 0.717) is 24.2 Å². The predicted octanol–water partition coefficient (Wildman–Crippen LogP) is 4.78. The summed E-state index contributed by atoms with van der Waals surface area (Å²) in [5.74, 6) is 0.713. The summed E-state index contributed by atoms with van der Waals surface area (Å²) in [5.41, 5.74) is 1.99. The van der Waals surface area contributed by atoms with Crippen molar-refractivity contribution in [1.82, 2.24) is 5.32 Å². The third kappa shape index (κ3) is 3.30. The number of fused-ring (bicyclic) bond motifs is 4. The van der Waals surface area contributed by atoms with E-state index in [1.165, 1.54) is 12.0 Å². The van der Waals surface area contributed by atoms with E-state index >= 15 is 0 Å². The van der Waals surface area contributed by atoms with E-state index in [-0.39, 0.29) is 41.0 Å². The fraction of sp³-hybridized carbons (Fsp3) is 0.677. The zero-order valence-corrected chi connectivity index (χ0v) is 22.5. The van der Waals surface area contributed by atoms with Crippen molar-refractivity contribution >= 4 is 11.7 Å². The number of ether oxygens (including phenoxy) is 1. The lowest BCUT2D eigenvalue weighted by Gasteiger charge is -2.50. The molecule has 1 aromatic carbocycles. The third-order valence-electron chi connectivity index (χ3n) is 10.7. The first-order valence-electron chi connectivity index (χ1n) is 13.9. The first kappa shape index (κ1) is 24.2. The van der Waals surface area contributed by atoms with Crippen molar-refractivity contribution in [3.05, 3.63) is 41.5 Å². The molecule has 1 saturated heterocycles. The van der Waals surface area contributed by atoms with Crippen LogP contribution < -0.4 is 10.1 Å². The second kappa shape index (κ2) is 7.93. The molecule has 1 amide bonds. The lowest BCUT2D eigenvalue weighted by atomic mass is 9.53. The van der Waals surface area contributed by atoms with Crippen LogP contribution in [-0.4, -0.2) is 29.1 Å². The third-order valence-corrected chi connectivity index (χ3v) is 10.7. The Hall–Kier alpha value is -2.14. The lowest BCUT2D eigenvalue weighted by molar-refractivity contribution is -0.140. The normalized spacial score (nSPS) is 46.9. The Bertz CT molecular complexity index is 1120. The summed E-state index contributed by atoms with van der Waals surface area (Å²) in [7, 11) is 0. The molecule has 36 heavy (non-hydrogen) atoms. The molecule has 3 heterocycles. The second-order valence-corrected chi connectivity index (χ2v) is 13.7. The highest BCUT2D eigenvalue weighted by molar-refractivity contribution is 5.94. The van der Waals surface area contributed by atoms with Gasteiger partial charge in [0.2, 0.25) is 5.91 Å². The molecule has 11 atom stereocenters. The van der Waals surface area contributed by atoms with Crippen LogP contribution in [0.1, 0.15) is 59.9 Å². The number of nitrogens with one attached hydrogen (secondary N) is 1. The summed E-state index contributed by atoms with van der Waals surface area (Å²) in [6.45, 7) is 13.8. The molecule has 1 aromatic rings. The Morgan fingerprint density at radius 1 is 1.06 bits per heavy atom. The SMILES string of the molecule is CC1=CC(C)(C)C2C(=O)C3C(O)NC(=O)C3Cc3ccc(cc3)OC3C2C1C1(C)CC(C)CC(C)C31. The summed E-state index contributed by atoms with van der Waals surface area (Å²) < 4.78 is 6.97.